The number of hydrogen-bond donors (Lipinski definition) is 1. The minimum Gasteiger partial charge on any atom is -0.379 e. The molecule has 0 unspecified atom stereocenters. The Bertz CT molecular complexity index is 1280. The quantitative estimate of drug-likeness (QED) is 0.319. The molecule has 9 heteroatoms. The maximum Gasteiger partial charge on any atom is 0.269 e. The minimum atomic E-state index is -0.630. The first-order valence-electron chi connectivity index (χ1n) is 11.9. The van der Waals surface area contributed by atoms with Crippen LogP contribution in [0.25, 0.3) is 10.9 Å². The third-order valence-corrected chi connectivity index (χ3v) is 6.79. The van der Waals surface area contributed by atoms with Crippen LogP contribution in [0.2, 0.25) is 0 Å². The number of carbonyl (C=O) groups excluding carboxylic acids is 2. The van der Waals surface area contributed by atoms with Gasteiger partial charge in [-0.25, -0.2) is 0 Å². The lowest BCUT2D eigenvalue weighted by Crippen LogP contribution is -2.63. The topological polar surface area (TPSA) is 109 Å². The Kier molecular flexibility index (Phi) is 6.02. The van der Waals surface area contributed by atoms with Crippen LogP contribution in [-0.2, 0) is 20.7 Å². The number of aromatic amines is 1. The van der Waals surface area contributed by atoms with Gasteiger partial charge in [-0.05, 0) is 49.6 Å². The molecule has 0 spiro atoms. The Morgan fingerprint density at radius 3 is 2.60 bits per heavy atom. The van der Waals surface area contributed by atoms with Gasteiger partial charge < -0.3 is 19.5 Å². The predicted molar refractivity (Wildman–Crippen MR) is 130 cm³/mol. The molecule has 0 radical (unpaired) electrons. The minimum absolute atomic E-state index is 0.00998. The van der Waals surface area contributed by atoms with Crippen LogP contribution in [0.5, 0.6) is 0 Å². The van der Waals surface area contributed by atoms with Gasteiger partial charge in [0.2, 0.25) is 11.8 Å². The third-order valence-electron chi connectivity index (χ3n) is 6.79. The van der Waals surface area contributed by atoms with Crippen LogP contribution in [0.1, 0.15) is 43.1 Å². The number of ether oxygens (including phenoxy) is 1. The van der Waals surface area contributed by atoms with Crippen LogP contribution in [0.4, 0.5) is 5.69 Å². The van der Waals surface area contributed by atoms with Crippen LogP contribution in [-0.4, -0.2) is 63.4 Å². The highest BCUT2D eigenvalue weighted by molar-refractivity contribution is 5.97. The molecule has 0 bridgehead atoms. The number of benzene rings is 2. The third kappa shape index (κ3) is 4.16. The van der Waals surface area contributed by atoms with E-state index in [-0.39, 0.29) is 30.2 Å². The first-order valence-corrected chi connectivity index (χ1v) is 11.9. The highest BCUT2D eigenvalue weighted by Crippen LogP contribution is 2.42. The molecule has 1 aromatic heterocycles. The lowest BCUT2D eigenvalue weighted by molar-refractivity contribution is -0.384. The Morgan fingerprint density at radius 1 is 1.14 bits per heavy atom. The van der Waals surface area contributed by atoms with E-state index in [1.54, 1.807) is 21.9 Å². The van der Waals surface area contributed by atoms with E-state index >= 15 is 0 Å². The number of nitrogens with one attached hydrogen (secondary N) is 1. The Morgan fingerprint density at radius 2 is 1.89 bits per heavy atom. The molecule has 0 saturated carbocycles. The van der Waals surface area contributed by atoms with Crippen molar-refractivity contribution in [3.8, 4) is 0 Å². The summed E-state index contributed by atoms with van der Waals surface area (Å²) in [6.07, 6.45) is 1.20. The predicted octanol–water partition coefficient (Wildman–Crippen LogP) is 3.58. The van der Waals surface area contributed by atoms with Crippen LogP contribution < -0.4 is 0 Å². The van der Waals surface area contributed by atoms with E-state index in [0.29, 0.717) is 26.0 Å². The van der Waals surface area contributed by atoms with E-state index in [2.05, 4.69) is 4.98 Å². The number of carbonyl (C=O) groups is 2. The van der Waals surface area contributed by atoms with E-state index in [1.165, 1.54) is 12.1 Å². The van der Waals surface area contributed by atoms with E-state index in [4.69, 9.17) is 4.74 Å². The SMILES string of the molecule is CC(C)OCCCN1CC(=O)N2[C@@H](c3ccc([N+](=O)[O-])cc3)c3[nH]c4ccccc4c3C[C@H]2C1=O. The van der Waals surface area contributed by atoms with Gasteiger partial charge in [0.15, 0.2) is 0 Å². The van der Waals surface area contributed by atoms with E-state index in [0.717, 1.165) is 27.7 Å². The van der Waals surface area contributed by atoms with Crippen molar-refractivity contribution in [3.05, 3.63) is 75.5 Å². The fourth-order valence-corrected chi connectivity index (χ4v) is 5.21. The summed E-state index contributed by atoms with van der Waals surface area (Å²) < 4.78 is 5.60. The number of rotatable bonds is 7. The first kappa shape index (κ1) is 23.0. The number of para-hydroxylation sites is 1. The molecule has 9 nitrogen and oxygen atoms in total. The molecule has 182 valence electrons. The number of fused-ring (bicyclic) bond motifs is 4. The summed E-state index contributed by atoms with van der Waals surface area (Å²) in [7, 11) is 0. The zero-order valence-corrected chi connectivity index (χ0v) is 19.8. The summed E-state index contributed by atoms with van der Waals surface area (Å²) in [5.74, 6) is -0.205. The summed E-state index contributed by atoms with van der Waals surface area (Å²) in [6, 6.07) is 13.0. The zero-order valence-electron chi connectivity index (χ0n) is 19.8. The monoisotopic (exact) mass is 476 g/mol. The number of H-pyrrole nitrogens is 1. The van der Waals surface area contributed by atoms with Crippen molar-refractivity contribution < 1.29 is 19.2 Å². The van der Waals surface area contributed by atoms with Gasteiger partial charge >= 0.3 is 0 Å². The smallest absolute Gasteiger partial charge is 0.269 e. The molecule has 1 fully saturated rings. The van der Waals surface area contributed by atoms with E-state index in [9.17, 15) is 19.7 Å². The second-order valence-corrected chi connectivity index (χ2v) is 9.37. The fraction of sp³-hybridized carbons (Fsp3) is 0.385. The fourth-order valence-electron chi connectivity index (χ4n) is 5.21. The van der Waals surface area contributed by atoms with Gasteiger partial charge in [0.05, 0.1) is 23.6 Å². The Labute approximate surface area is 202 Å². The average Bonchev–Trinajstić information content (AvgIpc) is 3.21. The summed E-state index contributed by atoms with van der Waals surface area (Å²) >= 11 is 0. The van der Waals surface area contributed by atoms with Crippen LogP contribution in [0, 0.1) is 10.1 Å². The molecule has 2 aromatic carbocycles. The largest absolute Gasteiger partial charge is 0.379 e. The van der Waals surface area contributed by atoms with Crippen molar-refractivity contribution in [1.82, 2.24) is 14.8 Å². The summed E-state index contributed by atoms with van der Waals surface area (Å²) in [4.78, 5) is 44.6. The Balaban J connectivity index is 1.53. The van der Waals surface area contributed by atoms with Gasteiger partial charge in [0.25, 0.3) is 5.69 Å². The number of aromatic nitrogens is 1. The number of nitro benzene ring substituents is 1. The molecule has 0 aliphatic carbocycles. The summed E-state index contributed by atoms with van der Waals surface area (Å²) in [5, 5.41) is 12.2. The lowest BCUT2D eigenvalue weighted by Gasteiger charge is -2.47. The molecule has 2 aliphatic heterocycles. The van der Waals surface area contributed by atoms with Crippen LogP contribution >= 0.6 is 0 Å². The maximum absolute atomic E-state index is 13.6. The maximum atomic E-state index is 13.6. The molecule has 5 rings (SSSR count). The normalized spacial score (nSPS) is 19.9. The molecule has 3 aromatic rings. The van der Waals surface area contributed by atoms with Gasteiger partial charge in [0, 0.05) is 48.3 Å². The molecule has 3 heterocycles. The number of nitro groups is 1. The molecule has 2 amide bonds. The molecular weight excluding hydrogens is 448 g/mol. The van der Waals surface area contributed by atoms with Crippen LogP contribution in [0.3, 0.4) is 0 Å². The van der Waals surface area contributed by atoms with Crippen molar-refractivity contribution in [2.75, 3.05) is 19.7 Å². The highest BCUT2D eigenvalue weighted by Gasteiger charge is 2.48. The number of non-ortho nitro benzene ring substituents is 1. The lowest BCUT2D eigenvalue weighted by atomic mass is 9.86. The zero-order chi connectivity index (χ0) is 24.7. The van der Waals surface area contributed by atoms with Crippen molar-refractivity contribution in [1.29, 1.82) is 0 Å². The molecule has 1 saturated heterocycles. The van der Waals surface area contributed by atoms with Gasteiger partial charge in [-0.2, -0.15) is 0 Å². The average molecular weight is 477 g/mol. The van der Waals surface area contributed by atoms with Crippen LogP contribution in [0.15, 0.2) is 48.5 Å². The van der Waals surface area contributed by atoms with Crippen molar-refractivity contribution >= 4 is 28.4 Å². The van der Waals surface area contributed by atoms with Crippen molar-refractivity contribution in [3.63, 3.8) is 0 Å². The molecule has 2 atom stereocenters. The second-order valence-electron chi connectivity index (χ2n) is 9.37. The molecule has 35 heavy (non-hydrogen) atoms. The van der Waals surface area contributed by atoms with Crippen molar-refractivity contribution in [2.45, 2.75) is 44.9 Å². The van der Waals surface area contributed by atoms with Gasteiger partial charge in [-0.15, -0.1) is 0 Å². The summed E-state index contributed by atoms with van der Waals surface area (Å²) in [5.41, 5.74) is 3.52. The number of amides is 2. The van der Waals surface area contributed by atoms with Gasteiger partial charge in [0.1, 0.15) is 6.04 Å². The first-order chi connectivity index (χ1) is 16.8. The van der Waals surface area contributed by atoms with E-state index < -0.39 is 17.0 Å². The Hall–Kier alpha value is -3.72. The highest BCUT2D eigenvalue weighted by atomic mass is 16.6. The standard InChI is InChI=1S/C26H28N4O5/c1-16(2)35-13-5-12-28-15-23(31)29-22(26(28)32)14-20-19-6-3-4-7-21(19)27-24(20)25(29)17-8-10-18(11-9-17)30(33)34/h3-4,6-11,16,22,25,27H,5,12-15H2,1-2H3/t22-,25-/m0/s1. The number of piperazine rings is 1. The molecular formula is C26H28N4O5. The van der Waals surface area contributed by atoms with E-state index in [1.807, 2.05) is 38.1 Å². The van der Waals surface area contributed by atoms with Gasteiger partial charge in [-0.3, -0.25) is 19.7 Å². The molecule has 1 N–H and O–H groups in total. The van der Waals surface area contributed by atoms with Gasteiger partial charge in [-0.1, -0.05) is 18.2 Å². The second kappa shape index (κ2) is 9.14. The van der Waals surface area contributed by atoms with Crippen molar-refractivity contribution in [2.24, 2.45) is 0 Å². The molecule has 2 aliphatic rings. The number of hydrogen-bond acceptors (Lipinski definition) is 5. The number of nitrogens with zero attached hydrogens (tertiary/aromatic N) is 3. The summed E-state index contributed by atoms with van der Waals surface area (Å²) in [6.45, 7) is 4.93.